The molecule has 1 aromatic carbocycles. The van der Waals surface area contributed by atoms with Gasteiger partial charge in [-0.15, -0.1) is 0 Å². The molecule has 0 heterocycles. The molecule has 1 rings (SSSR count). The molecule has 6 heteroatoms. The lowest BCUT2D eigenvalue weighted by atomic mass is 10.3. The Labute approximate surface area is 98.1 Å². The van der Waals surface area contributed by atoms with Gasteiger partial charge in [0.25, 0.3) is 0 Å². The van der Waals surface area contributed by atoms with Crippen LogP contribution in [0.4, 0.5) is 16.2 Å². The molecule has 0 atom stereocenters. The Hall–Kier alpha value is -1.69. The molecule has 0 aromatic heterocycles. The van der Waals surface area contributed by atoms with E-state index in [-0.39, 0.29) is 0 Å². The first-order valence-corrected chi connectivity index (χ1v) is 5.72. The first-order chi connectivity index (χ1) is 7.67. The van der Waals surface area contributed by atoms with Gasteiger partial charge in [-0.3, -0.25) is 5.32 Å². The molecule has 0 aliphatic carbocycles. The van der Waals surface area contributed by atoms with Crippen molar-refractivity contribution in [2.45, 2.75) is 0 Å². The Balaban J connectivity index is 2.87. The highest BCUT2D eigenvalue weighted by Gasteiger charge is 2.05. The highest BCUT2D eigenvalue weighted by Crippen LogP contribution is 2.21. The van der Waals surface area contributed by atoms with E-state index in [4.69, 9.17) is 5.73 Å². The number of alkyl carbamates (subject to hydrolysis) is 1. The minimum atomic E-state index is -0.553. The van der Waals surface area contributed by atoms with Crippen LogP contribution in [0.25, 0.3) is 0 Å². The summed E-state index contributed by atoms with van der Waals surface area (Å²) in [6.07, 6.45) is 1.25. The van der Waals surface area contributed by atoms with Gasteiger partial charge in [0.15, 0.2) is 5.17 Å². The number of benzene rings is 1. The summed E-state index contributed by atoms with van der Waals surface area (Å²) in [5.41, 5.74) is 6.90. The van der Waals surface area contributed by atoms with E-state index in [2.05, 4.69) is 15.0 Å². The zero-order chi connectivity index (χ0) is 12.0. The third-order valence-electron chi connectivity index (χ3n) is 1.75. The summed E-state index contributed by atoms with van der Waals surface area (Å²) in [5, 5.41) is 2.92. The lowest BCUT2D eigenvalue weighted by Crippen LogP contribution is -2.27. The molecule has 0 saturated carbocycles. The van der Waals surface area contributed by atoms with Crippen LogP contribution in [-0.4, -0.2) is 24.6 Å². The SMILES string of the molecule is COC(=O)NC(=Nc1ccccc1N)SC. The van der Waals surface area contributed by atoms with Gasteiger partial charge in [0.1, 0.15) is 0 Å². The van der Waals surface area contributed by atoms with Crippen molar-refractivity contribution in [3.05, 3.63) is 24.3 Å². The number of carbonyl (C=O) groups is 1. The quantitative estimate of drug-likeness (QED) is 0.446. The molecule has 0 radical (unpaired) electrons. The standard InChI is InChI=1S/C10H13N3O2S/c1-15-10(14)13-9(16-2)12-8-6-4-3-5-7(8)11/h3-6H,11H2,1-2H3,(H,12,13,14). The van der Waals surface area contributed by atoms with Crippen molar-refractivity contribution >= 4 is 34.4 Å². The molecule has 3 N–H and O–H groups in total. The molecule has 0 bridgehead atoms. The number of para-hydroxylation sites is 2. The zero-order valence-electron chi connectivity index (χ0n) is 9.06. The molecule has 1 aromatic rings. The largest absolute Gasteiger partial charge is 0.453 e. The summed E-state index contributed by atoms with van der Waals surface area (Å²) in [7, 11) is 1.30. The van der Waals surface area contributed by atoms with Crippen LogP contribution in [0.5, 0.6) is 0 Å². The number of anilines is 1. The van der Waals surface area contributed by atoms with Gasteiger partial charge in [0.05, 0.1) is 18.5 Å². The maximum Gasteiger partial charge on any atom is 0.412 e. The monoisotopic (exact) mass is 239 g/mol. The molecule has 0 unspecified atom stereocenters. The number of rotatable bonds is 1. The number of methoxy groups -OCH3 is 1. The number of ether oxygens (including phenoxy) is 1. The molecular weight excluding hydrogens is 226 g/mol. The summed E-state index contributed by atoms with van der Waals surface area (Å²) < 4.78 is 4.48. The van der Waals surface area contributed by atoms with Gasteiger partial charge in [-0.2, -0.15) is 0 Å². The normalized spacial score (nSPS) is 11.0. The van der Waals surface area contributed by atoms with E-state index < -0.39 is 6.09 Å². The predicted octanol–water partition coefficient (Wildman–Crippen LogP) is 1.98. The minimum Gasteiger partial charge on any atom is -0.453 e. The van der Waals surface area contributed by atoms with Gasteiger partial charge in [-0.1, -0.05) is 23.9 Å². The minimum absolute atomic E-state index is 0.435. The Bertz CT molecular complexity index is 407. The lowest BCUT2D eigenvalue weighted by Gasteiger charge is -2.05. The Morgan fingerprint density at radius 2 is 2.19 bits per heavy atom. The molecule has 86 valence electrons. The molecule has 0 spiro atoms. The van der Waals surface area contributed by atoms with Crippen molar-refractivity contribution in [3.63, 3.8) is 0 Å². The van der Waals surface area contributed by atoms with Crippen LogP contribution in [0, 0.1) is 0 Å². The van der Waals surface area contributed by atoms with Crippen molar-refractivity contribution in [1.82, 2.24) is 5.32 Å². The molecular formula is C10H13N3O2S. The van der Waals surface area contributed by atoms with Crippen molar-refractivity contribution in [2.75, 3.05) is 19.1 Å². The second kappa shape index (κ2) is 6.02. The van der Waals surface area contributed by atoms with Gasteiger partial charge in [0, 0.05) is 0 Å². The smallest absolute Gasteiger partial charge is 0.412 e. The number of thioether (sulfide) groups is 1. The maximum atomic E-state index is 11.0. The Morgan fingerprint density at radius 1 is 1.50 bits per heavy atom. The molecule has 0 aliphatic rings. The fourth-order valence-electron chi connectivity index (χ4n) is 0.962. The highest BCUT2D eigenvalue weighted by molar-refractivity contribution is 8.13. The molecule has 0 fully saturated rings. The predicted molar refractivity (Wildman–Crippen MR) is 67.0 cm³/mol. The number of nitrogen functional groups attached to an aromatic ring is 1. The fourth-order valence-corrected chi connectivity index (χ4v) is 1.34. The fraction of sp³-hybridized carbons (Fsp3) is 0.200. The van der Waals surface area contributed by atoms with Crippen LogP contribution < -0.4 is 11.1 Å². The molecule has 1 amide bonds. The van der Waals surface area contributed by atoms with Crippen LogP contribution in [0.3, 0.4) is 0 Å². The summed E-state index contributed by atoms with van der Waals surface area (Å²) >= 11 is 1.30. The second-order valence-electron chi connectivity index (χ2n) is 2.80. The van der Waals surface area contributed by atoms with Gasteiger partial charge >= 0.3 is 6.09 Å². The third-order valence-corrected chi connectivity index (χ3v) is 2.33. The highest BCUT2D eigenvalue weighted by atomic mass is 32.2. The van der Waals surface area contributed by atoms with E-state index in [1.165, 1.54) is 18.9 Å². The van der Waals surface area contributed by atoms with Crippen LogP contribution >= 0.6 is 11.8 Å². The van der Waals surface area contributed by atoms with Gasteiger partial charge in [-0.05, 0) is 18.4 Å². The number of nitrogens with one attached hydrogen (secondary N) is 1. The maximum absolute atomic E-state index is 11.0. The summed E-state index contributed by atoms with van der Waals surface area (Å²) in [4.78, 5) is 15.2. The molecule has 0 saturated heterocycles. The lowest BCUT2D eigenvalue weighted by molar-refractivity contribution is 0.177. The van der Waals surface area contributed by atoms with E-state index in [1.54, 1.807) is 18.4 Å². The Morgan fingerprint density at radius 3 is 2.75 bits per heavy atom. The van der Waals surface area contributed by atoms with Crippen molar-refractivity contribution in [1.29, 1.82) is 0 Å². The van der Waals surface area contributed by atoms with E-state index >= 15 is 0 Å². The third kappa shape index (κ3) is 3.47. The topological polar surface area (TPSA) is 76.7 Å². The molecule has 16 heavy (non-hydrogen) atoms. The van der Waals surface area contributed by atoms with Crippen molar-refractivity contribution in [2.24, 2.45) is 4.99 Å². The zero-order valence-corrected chi connectivity index (χ0v) is 9.88. The number of hydrogen-bond donors (Lipinski definition) is 2. The second-order valence-corrected chi connectivity index (χ2v) is 3.59. The number of nitrogens with two attached hydrogens (primary N) is 1. The van der Waals surface area contributed by atoms with E-state index in [9.17, 15) is 4.79 Å². The van der Waals surface area contributed by atoms with Crippen LogP contribution in [0.1, 0.15) is 0 Å². The number of carbonyl (C=O) groups excluding carboxylic acids is 1. The van der Waals surface area contributed by atoms with Crippen LogP contribution in [0.2, 0.25) is 0 Å². The van der Waals surface area contributed by atoms with Gasteiger partial charge in [0.2, 0.25) is 0 Å². The summed E-state index contributed by atoms with van der Waals surface area (Å²) in [6.45, 7) is 0. The van der Waals surface area contributed by atoms with E-state index in [0.717, 1.165) is 0 Å². The van der Waals surface area contributed by atoms with Crippen LogP contribution in [-0.2, 0) is 4.74 Å². The van der Waals surface area contributed by atoms with Crippen molar-refractivity contribution < 1.29 is 9.53 Å². The van der Waals surface area contributed by atoms with E-state index in [0.29, 0.717) is 16.5 Å². The first-order valence-electron chi connectivity index (χ1n) is 4.49. The van der Waals surface area contributed by atoms with Gasteiger partial charge in [-0.25, -0.2) is 9.79 Å². The average Bonchev–Trinajstić information content (AvgIpc) is 2.30. The summed E-state index contributed by atoms with van der Waals surface area (Å²) in [6, 6.07) is 7.16. The first kappa shape index (κ1) is 12.4. The average molecular weight is 239 g/mol. The number of nitrogens with zero attached hydrogens (tertiary/aromatic N) is 1. The number of amides is 1. The van der Waals surface area contributed by atoms with E-state index in [1.807, 2.05) is 12.1 Å². The number of aliphatic imine (C=N–C) groups is 1. The molecule has 0 aliphatic heterocycles. The number of amidine groups is 1. The number of hydrogen-bond acceptors (Lipinski definition) is 5. The van der Waals surface area contributed by atoms with Crippen LogP contribution in [0.15, 0.2) is 29.3 Å². The molecule has 5 nitrogen and oxygen atoms in total. The Kier molecular flexibility index (Phi) is 4.65. The van der Waals surface area contributed by atoms with Gasteiger partial charge < -0.3 is 10.5 Å². The summed E-state index contributed by atoms with van der Waals surface area (Å²) in [5.74, 6) is 0. The van der Waals surface area contributed by atoms with Crippen molar-refractivity contribution in [3.8, 4) is 0 Å².